The number of likely N-dealkylation sites (tertiary alicyclic amines) is 1. The van der Waals surface area contributed by atoms with Crippen molar-refractivity contribution in [2.45, 2.75) is 96.6 Å². The van der Waals surface area contributed by atoms with Crippen LogP contribution < -0.4 is 10.8 Å². The molecule has 4 rings (SSSR count). The van der Waals surface area contributed by atoms with Crippen molar-refractivity contribution in [1.29, 1.82) is 0 Å². The summed E-state index contributed by atoms with van der Waals surface area (Å²) in [7, 11) is -0.518. The Balaban J connectivity index is 1.49. The minimum absolute atomic E-state index is 0.0407. The molecule has 8 nitrogen and oxygen atoms in total. The first-order valence-corrected chi connectivity index (χ1v) is 14.0. The van der Waals surface area contributed by atoms with E-state index in [1.54, 1.807) is 37.8 Å². The lowest BCUT2D eigenvalue weighted by molar-refractivity contribution is -0.139. The number of hydrogen-bond donors (Lipinski definition) is 1. The van der Waals surface area contributed by atoms with E-state index in [9.17, 15) is 14.4 Å². The van der Waals surface area contributed by atoms with Gasteiger partial charge in [-0.25, -0.2) is 4.79 Å². The Kier molecular flexibility index (Phi) is 8.48. The van der Waals surface area contributed by atoms with Gasteiger partial charge in [-0.15, -0.1) is 0 Å². The number of hydrogen-bond acceptors (Lipinski definition) is 6. The normalized spacial score (nSPS) is 20.7. The van der Waals surface area contributed by atoms with Crippen LogP contribution in [0.4, 0.5) is 4.79 Å². The molecule has 9 heteroatoms. The maximum atomic E-state index is 13.8. The Labute approximate surface area is 237 Å². The highest BCUT2D eigenvalue weighted by Crippen LogP contribution is 2.36. The number of rotatable bonds is 7. The average Bonchev–Trinajstić information content (AvgIpc) is 3.44. The van der Waals surface area contributed by atoms with Gasteiger partial charge in [-0.3, -0.25) is 9.59 Å². The number of carbonyl (C=O) groups excluding carboxylic acids is 3. The van der Waals surface area contributed by atoms with Crippen LogP contribution in [0.15, 0.2) is 54.6 Å². The first-order valence-electron chi connectivity index (χ1n) is 14.0. The lowest BCUT2D eigenvalue weighted by atomic mass is 9.78. The average molecular weight is 548 g/mol. The van der Waals surface area contributed by atoms with Gasteiger partial charge in [0.1, 0.15) is 11.6 Å². The summed E-state index contributed by atoms with van der Waals surface area (Å²) in [4.78, 5) is 41.7. The van der Waals surface area contributed by atoms with Crippen molar-refractivity contribution in [2.75, 3.05) is 6.54 Å². The molecule has 2 amide bonds. The molecule has 0 aromatic heterocycles. The Bertz CT molecular complexity index is 1220. The van der Waals surface area contributed by atoms with E-state index in [0.29, 0.717) is 24.9 Å². The molecule has 2 fully saturated rings. The zero-order valence-corrected chi connectivity index (χ0v) is 24.7. The summed E-state index contributed by atoms with van der Waals surface area (Å²) in [6.07, 6.45) is 0.785. The van der Waals surface area contributed by atoms with Crippen molar-refractivity contribution < 1.29 is 28.4 Å². The topological polar surface area (TPSA) is 94.2 Å². The van der Waals surface area contributed by atoms with Crippen LogP contribution in [-0.2, 0) is 30.1 Å². The van der Waals surface area contributed by atoms with Crippen LogP contribution in [0, 0.1) is 0 Å². The predicted octanol–water partition coefficient (Wildman–Crippen LogP) is 4.35. The maximum absolute atomic E-state index is 13.8. The number of alkyl carbamates (subject to hydrolysis) is 1. The van der Waals surface area contributed by atoms with Crippen molar-refractivity contribution in [3.63, 3.8) is 0 Å². The van der Waals surface area contributed by atoms with E-state index in [0.717, 1.165) is 11.0 Å². The van der Waals surface area contributed by atoms with Crippen LogP contribution in [0.25, 0.3) is 0 Å². The molecule has 2 heterocycles. The first-order chi connectivity index (χ1) is 18.7. The van der Waals surface area contributed by atoms with Gasteiger partial charge in [0, 0.05) is 13.0 Å². The Morgan fingerprint density at radius 3 is 2.30 bits per heavy atom. The summed E-state index contributed by atoms with van der Waals surface area (Å²) in [6.45, 7) is 13.8. The summed E-state index contributed by atoms with van der Waals surface area (Å²) in [6, 6.07) is 15.2. The highest BCUT2D eigenvalue weighted by Gasteiger charge is 2.51. The molecule has 2 saturated heterocycles. The number of ketones is 1. The Morgan fingerprint density at radius 2 is 1.68 bits per heavy atom. The summed E-state index contributed by atoms with van der Waals surface area (Å²) in [5.41, 5.74) is 0.687. The minimum Gasteiger partial charge on any atom is -0.444 e. The molecule has 0 spiro atoms. The summed E-state index contributed by atoms with van der Waals surface area (Å²) in [5, 5.41) is 2.74. The van der Waals surface area contributed by atoms with Crippen LogP contribution in [-0.4, -0.2) is 59.2 Å². The summed E-state index contributed by atoms with van der Waals surface area (Å²) < 4.78 is 17.8. The van der Waals surface area contributed by atoms with Crippen LogP contribution in [0.3, 0.4) is 0 Å². The van der Waals surface area contributed by atoms with Gasteiger partial charge < -0.3 is 24.3 Å². The van der Waals surface area contributed by atoms with E-state index in [1.807, 2.05) is 70.2 Å². The van der Waals surface area contributed by atoms with Gasteiger partial charge in [0.15, 0.2) is 5.78 Å². The van der Waals surface area contributed by atoms with Crippen molar-refractivity contribution in [3.05, 3.63) is 65.7 Å². The molecule has 2 aliphatic rings. The molecule has 1 N–H and O–H groups in total. The highest BCUT2D eigenvalue weighted by molar-refractivity contribution is 6.62. The molecule has 2 aromatic rings. The molecule has 2 aromatic carbocycles. The van der Waals surface area contributed by atoms with Crippen molar-refractivity contribution in [1.82, 2.24) is 10.2 Å². The van der Waals surface area contributed by atoms with E-state index in [-0.39, 0.29) is 18.1 Å². The molecule has 0 aliphatic carbocycles. The number of carbonyl (C=O) groups is 3. The molecule has 214 valence electrons. The smallest absolute Gasteiger partial charge is 0.444 e. The van der Waals surface area contributed by atoms with Crippen LogP contribution in [0.2, 0.25) is 0 Å². The second-order valence-electron chi connectivity index (χ2n) is 12.7. The molecular weight excluding hydrogens is 507 g/mol. The molecule has 0 saturated carbocycles. The third kappa shape index (κ3) is 6.76. The first kappa shape index (κ1) is 29.8. The van der Waals surface area contributed by atoms with Gasteiger partial charge in [-0.05, 0) is 77.9 Å². The molecule has 0 radical (unpaired) electrons. The van der Waals surface area contributed by atoms with E-state index < -0.39 is 42.1 Å². The fourth-order valence-electron chi connectivity index (χ4n) is 5.04. The molecule has 0 bridgehead atoms. The van der Waals surface area contributed by atoms with E-state index in [2.05, 4.69) is 5.32 Å². The monoisotopic (exact) mass is 548 g/mol. The van der Waals surface area contributed by atoms with Gasteiger partial charge >= 0.3 is 13.2 Å². The van der Waals surface area contributed by atoms with Gasteiger partial charge in [-0.1, -0.05) is 54.6 Å². The van der Waals surface area contributed by atoms with Gasteiger partial charge in [-0.2, -0.15) is 0 Å². The molecule has 2 aliphatic heterocycles. The quantitative estimate of drug-likeness (QED) is 0.517. The number of ether oxygens (including phenoxy) is 1. The molecule has 40 heavy (non-hydrogen) atoms. The lowest BCUT2D eigenvalue weighted by Crippen LogP contribution is -2.48. The standard InChI is InChI=1S/C31H41BN2O6/c1-29(2,3)38-28(37)33-26(22-14-9-8-10-15-22)27(36)34-18-12-17-24(34)25(35)20-21-13-11-16-23(19-21)32-39-30(4,5)31(6,7)40-32/h8-11,13-16,19,24,26H,12,17-18,20H2,1-7H3,(H,33,37)/t24-,26+/m0/s1. The van der Waals surface area contributed by atoms with Gasteiger partial charge in [0.2, 0.25) is 0 Å². The van der Waals surface area contributed by atoms with Crippen molar-refractivity contribution in [2.24, 2.45) is 0 Å². The van der Waals surface area contributed by atoms with E-state index in [4.69, 9.17) is 14.0 Å². The number of Topliss-reactive ketones (excluding diaryl/α,β-unsaturated/α-hetero) is 1. The largest absolute Gasteiger partial charge is 0.494 e. The SMILES string of the molecule is CC(C)(C)OC(=O)N[C@@H](C(=O)N1CCC[C@H]1C(=O)Cc1cccc(B2OC(C)(C)C(C)(C)O2)c1)c1ccccc1. The van der Waals surface area contributed by atoms with Crippen molar-refractivity contribution in [3.8, 4) is 0 Å². The number of nitrogens with zero attached hydrogens (tertiary/aromatic N) is 1. The third-order valence-corrected chi connectivity index (χ3v) is 7.80. The number of benzene rings is 2. The summed E-state index contributed by atoms with van der Waals surface area (Å²) in [5.74, 6) is -0.361. The van der Waals surface area contributed by atoms with E-state index >= 15 is 0 Å². The van der Waals surface area contributed by atoms with E-state index in [1.165, 1.54) is 0 Å². The number of nitrogens with one attached hydrogen (secondary N) is 1. The fraction of sp³-hybridized carbons (Fsp3) is 0.516. The second kappa shape index (κ2) is 11.4. The van der Waals surface area contributed by atoms with Crippen LogP contribution >= 0.6 is 0 Å². The fourth-order valence-corrected chi connectivity index (χ4v) is 5.04. The maximum Gasteiger partial charge on any atom is 0.494 e. The lowest BCUT2D eigenvalue weighted by Gasteiger charge is -2.32. The predicted molar refractivity (Wildman–Crippen MR) is 154 cm³/mol. The van der Waals surface area contributed by atoms with Crippen LogP contribution in [0.1, 0.15) is 78.5 Å². The molecule has 2 atom stereocenters. The summed E-state index contributed by atoms with van der Waals surface area (Å²) >= 11 is 0. The highest BCUT2D eigenvalue weighted by atomic mass is 16.7. The number of amides is 2. The Morgan fingerprint density at radius 1 is 1.02 bits per heavy atom. The van der Waals surface area contributed by atoms with Crippen molar-refractivity contribution >= 4 is 30.4 Å². The molecule has 0 unspecified atom stereocenters. The minimum atomic E-state index is -0.962. The third-order valence-electron chi connectivity index (χ3n) is 7.80. The van der Waals surface area contributed by atoms with Gasteiger partial charge in [0.05, 0.1) is 17.2 Å². The second-order valence-corrected chi connectivity index (χ2v) is 12.7. The van der Waals surface area contributed by atoms with Crippen LogP contribution in [0.5, 0.6) is 0 Å². The molecular formula is C31H41BN2O6. The zero-order chi connectivity index (χ0) is 29.3. The van der Waals surface area contributed by atoms with Gasteiger partial charge in [0.25, 0.3) is 5.91 Å². The zero-order valence-electron chi connectivity index (χ0n) is 24.7. The Hall–Kier alpha value is -3.17.